The molecule has 286 valence electrons. The third-order valence-electron chi connectivity index (χ3n) is 9.56. The van der Waals surface area contributed by atoms with Crippen molar-refractivity contribution in [1.29, 1.82) is 0 Å². The molecule has 0 aromatic heterocycles. The van der Waals surface area contributed by atoms with E-state index in [4.69, 9.17) is 24.4 Å². The average molecular weight is 725 g/mol. The quantitative estimate of drug-likeness (QED) is 0.0526. The molecule has 11 heteroatoms. The van der Waals surface area contributed by atoms with Crippen LogP contribution >= 0.6 is 0 Å². The number of ether oxygens (including phenoxy) is 3. The summed E-state index contributed by atoms with van der Waals surface area (Å²) in [4.78, 5) is 32.4. The van der Waals surface area contributed by atoms with Gasteiger partial charge in [0.15, 0.2) is 12.4 Å². The summed E-state index contributed by atoms with van der Waals surface area (Å²) in [5.74, 6) is 0.758. The fourth-order valence-electron chi connectivity index (χ4n) is 6.79. The number of hydrogen-bond acceptors (Lipinski definition) is 9. The summed E-state index contributed by atoms with van der Waals surface area (Å²) in [6, 6.07) is 9.88. The molecule has 11 nitrogen and oxygen atoms in total. The van der Waals surface area contributed by atoms with Gasteiger partial charge in [0.25, 0.3) is 0 Å². The number of aliphatic carboxylic acids is 2. The molecule has 2 aliphatic carbocycles. The molecule has 5 N–H and O–H groups in total. The number of carbonyl (C=O) groups is 3. The fourth-order valence-corrected chi connectivity index (χ4v) is 6.79. The number of aliphatic hydroxyl groups excluding tert-OH is 2. The van der Waals surface area contributed by atoms with Crippen molar-refractivity contribution in [3.63, 3.8) is 0 Å². The second-order valence-corrected chi connectivity index (χ2v) is 13.7. The van der Waals surface area contributed by atoms with E-state index in [0.29, 0.717) is 60.7 Å². The minimum atomic E-state index is -1.03. The Labute approximate surface area is 306 Å². The van der Waals surface area contributed by atoms with Gasteiger partial charge in [-0.2, -0.15) is 0 Å². The van der Waals surface area contributed by atoms with Crippen molar-refractivity contribution in [2.75, 3.05) is 19.8 Å². The van der Waals surface area contributed by atoms with Gasteiger partial charge in [0.05, 0.1) is 31.0 Å². The van der Waals surface area contributed by atoms with Crippen LogP contribution in [0.4, 0.5) is 0 Å². The van der Waals surface area contributed by atoms with Crippen molar-refractivity contribution < 1.29 is 54.1 Å². The van der Waals surface area contributed by atoms with Crippen LogP contribution in [0, 0.1) is 24.7 Å². The summed E-state index contributed by atoms with van der Waals surface area (Å²) in [6.45, 7) is 5.67. The number of benzene rings is 2. The molecule has 2 fully saturated rings. The minimum Gasteiger partial charge on any atom is -0.507 e. The van der Waals surface area contributed by atoms with Crippen LogP contribution in [0.1, 0.15) is 100 Å². The van der Waals surface area contributed by atoms with Crippen LogP contribution in [0.25, 0.3) is 0 Å². The van der Waals surface area contributed by atoms with Gasteiger partial charge in [-0.05, 0) is 101 Å². The van der Waals surface area contributed by atoms with Gasteiger partial charge in [0.2, 0.25) is 0 Å². The van der Waals surface area contributed by atoms with E-state index in [0.717, 1.165) is 51.4 Å². The molecule has 52 heavy (non-hydrogen) atoms. The number of unbranched alkanes of at least 4 members (excludes halogenated alkanes) is 3. The Kier molecular flexibility index (Phi) is 17.7. The number of Topliss-reactive ketones (excluding diaryl/α,β-unsaturated/α-hetero) is 1. The predicted octanol–water partition coefficient (Wildman–Crippen LogP) is 7.29. The van der Waals surface area contributed by atoms with Gasteiger partial charge in [-0.3, -0.25) is 9.59 Å². The van der Waals surface area contributed by atoms with Crippen LogP contribution in [0.15, 0.2) is 60.2 Å². The van der Waals surface area contributed by atoms with E-state index in [1.54, 1.807) is 43.3 Å². The molecular weight excluding hydrogens is 668 g/mol. The molecule has 2 aliphatic rings. The Bertz CT molecular complexity index is 1500. The lowest BCUT2D eigenvalue weighted by atomic mass is 9.90. The maximum atomic E-state index is 11.4. The lowest BCUT2D eigenvalue weighted by Gasteiger charge is -2.17. The zero-order valence-electron chi connectivity index (χ0n) is 30.7. The number of phenolic OH excluding ortho intramolecular Hbond substituents is 1. The molecule has 0 bridgehead atoms. The van der Waals surface area contributed by atoms with Crippen molar-refractivity contribution in [2.24, 2.45) is 17.8 Å². The number of aliphatic hydroxyl groups is 2. The summed E-state index contributed by atoms with van der Waals surface area (Å²) in [6.07, 6.45) is 14.9. The molecule has 1 unspecified atom stereocenters. The zero-order valence-corrected chi connectivity index (χ0v) is 30.7. The van der Waals surface area contributed by atoms with E-state index in [2.05, 4.69) is 19.1 Å². The Morgan fingerprint density at radius 1 is 0.904 bits per heavy atom. The third kappa shape index (κ3) is 14.0. The summed E-state index contributed by atoms with van der Waals surface area (Å²) in [7, 11) is 0. The van der Waals surface area contributed by atoms with Gasteiger partial charge in [-0.1, -0.05) is 50.0 Å². The molecule has 0 heterocycles. The highest BCUT2D eigenvalue weighted by Gasteiger charge is 2.44. The van der Waals surface area contributed by atoms with Crippen LogP contribution in [0.3, 0.4) is 0 Å². The summed E-state index contributed by atoms with van der Waals surface area (Å²) >= 11 is 0. The van der Waals surface area contributed by atoms with Crippen LogP contribution in [0.5, 0.6) is 23.0 Å². The van der Waals surface area contributed by atoms with Gasteiger partial charge in [-0.15, -0.1) is 0 Å². The molecule has 0 radical (unpaired) electrons. The second kappa shape index (κ2) is 21.9. The van der Waals surface area contributed by atoms with Gasteiger partial charge >= 0.3 is 11.9 Å². The number of rotatable bonds is 20. The number of carboxylic acid groups (broad SMARTS) is 2. The standard InChI is InChI=1S/C21H34O4.C20H22O7/c1-2-3-4-8-17(22)10-11-18-19-13-15(7-5-6-9-21(24)25)12-16(19)14-20(18)23;1-13-18(9-8-17(14(2)21)20(13)24)26-11-3-10-25-15-4-6-16(7-5-15)27-12-19(22)23/h7,10-11,16-20,22-23H,2-6,8-9,12-14H2,1H3,(H,24,25);4-9,24H,3,10-12H2,1-2H3,(H,22,23)/b11-10+,15-7+;/t16-,17-,18+,19-,20?;/m0./s1. The van der Waals surface area contributed by atoms with Gasteiger partial charge in [0.1, 0.15) is 23.0 Å². The lowest BCUT2D eigenvalue weighted by molar-refractivity contribution is -0.139. The first-order chi connectivity index (χ1) is 24.9. The van der Waals surface area contributed by atoms with Crippen LogP contribution in [-0.2, 0) is 9.59 Å². The monoisotopic (exact) mass is 724 g/mol. The molecule has 0 spiro atoms. The van der Waals surface area contributed by atoms with Crippen molar-refractivity contribution in [2.45, 2.75) is 104 Å². The van der Waals surface area contributed by atoms with Gasteiger partial charge in [0, 0.05) is 24.3 Å². The molecule has 5 atom stereocenters. The lowest BCUT2D eigenvalue weighted by Crippen LogP contribution is -2.17. The van der Waals surface area contributed by atoms with Crippen LogP contribution in [0.2, 0.25) is 0 Å². The number of phenols is 1. The largest absolute Gasteiger partial charge is 0.507 e. The van der Waals surface area contributed by atoms with E-state index >= 15 is 0 Å². The van der Waals surface area contributed by atoms with Gasteiger partial charge < -0.3 is 39.7 Å². The summed E-state index contributed by atoms with van der Waals surface area (Å²) in [5, 5.41) is 47.7. The average Bonchev–Trinajstić information content (AvgIpc) is 3.62. The van der Waals surface area contributed by atoms with Gasteiger partial charge in [-0.25, -0.2) is 4.79 Å². The Balaban J connectivity index is 0.000000281. The summed E-state index contributed by atoms with van der Waals surface area (Å²) < 4.78 is 16.3. The first kappa shape index (κ1) is 42.1. The Morgan fingerprint density at radius 2 is 1.60 bits per heavy atom. The van der Waals surface area contributed by atoms with Crippen molar-refractivity contribution in [3.05, 3.63) is 71.3 Å². The Hall–Kier alpha value is -4.35. The normalized spacial score (nSPS) is 20.6. The number of allylic oxidation sites excluding steroid dienone is 2. The topological polar surface area (TPSA) is 180 Å². The SMILES string of the molecule is CC(=O)c1ccc(OCCCOc2ccc(OCC(=O)O)cc2)c(C)c1O.CCCCC[C@H](O)/C=C/[C@H]1C(O)C[C@@H]2C/C(=C\CCCC(=O)O)C[C@@H]21. The number of carboxylic acids is 2. The number of carbonyl (C=O) groups excluding carboxylic acids is 1. The minimum absolute atomic E-state index is 0.0542. The number of ketones is 1. The zero-order chi connectivity index (χ0) is 38.0. The van der Waals surface area contributed by atoms with Crippen molar-refractivity contribution in [1.82, 2.24) is 0 Å². The first-order valence-corrected chi connectivity index (χ1v) is 18.4. The van der Waals surface area contributed by atoms with Crippen LogP contribution in [-0.4, -0.2) is 75.3 Å². The number of hydrogen-bond donors (Lipinski definition) is 5. The highest BCUT2D eigenvalue weighted by Crippen LogP contribution is 2.50. The van der Waals surface area contributed by atoms with Crippen LogP contribution < -0.4 is 14.2 Å². The smallest absolute Gasteiger partial charge is 0.341 e. The molecule has 0 aliphatic heterocycles. The van der Waals surface area contributed by atoms with E-state index in [1.165, 1.54) is 12.5 Å². The predicted molar refractivity (Wildman–Crippen MR) is 197 cm³/mol. The molecule has 2 aromatic carbocycles. The third-order valence-corrected chi connectivity index (χ3v) is 9.56. The van der Waals surface area contributed by atoms with Crippen molar-refractivity contribution >= 4 is 17.7 Å². The summed E-state index contributed by atoms with van der Waals surface area (Å²) in [5.41, 5.74) is 2.23. The highest BCUT2D eigenvalue weighted by molar-refractivity contribution is 5.97. The number of fused-ring (bicyclic) bond motifs is 1. The molecule has 4 rings (SSSR count). The molecular formula is C41H56O11. The maximum Gasteiger partial charge on any atom is 0.341 e. The fraction of sp³-hybridized carbons (Fsp3) is 0.537. The van der Waals surface area contributed by atoms with E-state index < -0.39 is 18.0 Å². The second-order valence-electron chi connectivity index (χ2n) is 13.7. The van der Waals surface area contributed by atoms with E-state index in [1.807, 2.05) is 6.08 Å². The van der Waals surface area contributed by atoms with E-state index in [-0.39, 0.29) is 42.1 Å². The van der Waals surface area contributed by atoms with E-state index in [9.17, 15) is 29.7 Å². The van der Waals surface area contributed by atoms with Crippen molar-refractivity contribution in [3.8, 4) is 23.0 Å². The molecule has 0 amide bonds. The highest BCUT2D eigenvalue weighted by atomic mass is 16.5. The molecule has 0 saturated heterocycles. The number of aromatic hydroxyl groups is 1. The molecule has 2 saturated carbocycles. The molecule has 2 aromatic rings. The maximum absolute atomic E-state index is 11.4. The Morgan fingerprint density at radius 3 is 2.25 bits per heavy atom. The first-order valence-electron chi connectivity index (χ1n) is 18.4.